The summed E-state index contributed by atoms with van der Waals surface area (Å²) in [5.74, 6) is 0.519. The average Bonchev–Trinajstić information content (AvgIpc) is 2.19. The van der Waals surface area contributed by atoms with Gasteiger partial charge in [0, 0.05) is 7.05 Å². The summed E-state index contributed by atoms with van der Waals surface area (Å²) in [6, 6.07) is 5.49. The minimum atomic E-state index is 0.375. The van der Waals surface area contributed by atoms with E-state index in [2.05, 4.69) is 5.32 Å². The highest BCUT2D eigenvalue weighted by atomic mass is 35.5. The Morgan fingerprint density at radius 2 is 2.29 bits per heavy atom. The summed E-state index contributed by atoms with van der Waals surface area (Å²) in [5.41, 5.74) is 1.15. The quantitative estimate of drug-likeness (QED) is 0.834. The number of nitrogens with one attached hydrogen (secondary N) is 1. The number of rotatable bonds is 3. The zero-order chi connectivity index (χ0) is 10.6. The lowest BCUT2D eigenvalue weighted by atomic mass is 10.2. The van der Waals surface area contributed by atoms with Gasteiger partial charge in [0.1, 0.15) is 11.6 Å². The molecule has 0 unspecified atom stereocenters. The van der Waals surface area contributed by atoms with Crippen LogP contribution >= 0.6 is 11.6 Å². The van der Waals surface area contributed by atoms with E-state index >= 15 is 0 Å². The SMILES string of the molecule is CCOc1c(NC)ccc(Cl)c1C#N. The molecule has 0 radical (unpaired) electrons. The molecule has 1 aromatic rings. The van der Waals surface area contributed by atoms with Crippen LogP contribution in [0.1, 0.15) is 12.5 Å². The van der Waals surface area contributed by atoms with Gasteiger partial charge < -0.3 is 10.1 Å². The van der Waals surface area contributed by atoms with Crippen molar-refractivity contribution in [1.29, 1.82) is 5.26 Å². The van der Waals surface area contributed by atoms with Crippen LogP contribution < -0.4 is 10.1 Å². The van der Waals surface area contributed by atoms with E-state index in [0.29, 0.717) is 22.9 Å². The lowest BCUT2D eigenvalue weighted by molar-refractivity contribution is 0.341. The fourth-order valence-electron chi connectivity index (χ4n) is 1.15. The molecule has 0 aliphatic carbocycles. The van der Waals surface area contributed by atoms with Crippen LogP contribution in [0.5, 0.6) is 5.75 Å². The summed E-state index contributed by atoms with van der Waals surface area (Å²) >= 11 is 5.86. The minimum absolute atomic E-state index is 0.375. The van der Waals surface area contributed by atoms with Gasteiger partial charge in [0.2, 0.25) is 0 Å². The maximum Gasteiger partial charge on any atom is 0.161 e. The third-order valence-corrected chi connectivity index (χ3v) is 2.09. The average molecular weight is 211 g/mol. The third-order valence-electron chi connectivity index (χ3n) is 1.78. The van der Waals surface area contributed by atoms with Gasteiger partial charge in [-0.3, -0.25) is 0 Å². The van der Waals surface area contributed by atoms with Crippen LogP contribution in [0.15, 0.2) is 12.1 Å². The fourth-order valence-corrected chi connectivity index (χ4v) is 1.35. The molecule has 74 valence electrons. The summed E-state index contributed by atoms with van der Waals surface area (Å²) in [7, 11) is 1.77. The number of nitriles is 1. The molecule has 0 fully saturated rings. The Morgan fingerprint density at radius 1 is 1.57 bits per heavy atom. The van der Waals surface area contributed by atoms with E-state index < -0.39 is 0 Å². The second kappa shape index (κ2) is 4.73. The standard InChI is InChI=1S/C10H11ClN2O/c1-3-14-10-7(6-12)8(11)4-5-9(10)13-2/h4-5,13H,3H2,1-2H3. The Morgan fingerprint density at radius 3 is 2.79 bits per heavy atom. The van der Waals surface area contributed by atoms with Gasteiger partial charge in [-0.25, -0.2) is 0 Å². The van der Waals surface area contributed by atoms with Gasteiger partial charge in [-0.15, -0.1) is 0 Å². The van der Waals surface area contributed by atoms with Crippen molar-refractivity contribution in [2.45, 2.75) is 6.92 Å². The van der Waals surface area contributed by atoms with Crippen LogP contribution in [0.3, 0.4) is 0 Å². The van der Waals surface area contributed by atoms with Crippen molar-refractivity contribution in [1.82, 2.24) is 0 Å². The van der Waals surface area contributed by atoms with E-state index in [1.165, 1.54) is 0 Å². The summed E-state index contributed by atoms with van der Waals surface area (Å²) in [4.78, 5) is 0. The molecule has 0 bridgehead atoms. The van der Waals surface area contributed by atoms with Gasteiger partial charge in [-0.05, 0) is 19.1 Å². The van der Waals surface area contributed by atoms with E-state index in [9.17, 15) is 0 Å². The molecule has 0 aliphatic heterocycles. The molecule has 0 aliphatic rings. The van der Waals surface area contributed by atoms with Gasteiger partial charge in [-0.1, -0.05) is 11.6 Å². The number of halogens is 1. The largest absolute Gasteiger partial charge is 0.490 e. The highest BCUT2D eigenvalue weighted by molar-refractivity contribution is 6.32. The summed E-state index contributed by atoms with van der Waals surface area (Å²) in [6.45, 7) is 2.37. The van der Waals surface area contributed by atoms with Crippen molar-refractivity contribution in [3.05, 3.63) is 22.7 Å². The summed E-state index contributed by atoms with van der Waals surface area (Å²) < 4.78 is 5.36. The highest BCUT2D eigenvalue weighted by Crippen LogP contribution is 2.33. The number of hydrogen-bond acceptors (Lipinski definition) is 3. The first-order valence-corrected chi connectivity index (χ1v) is 4.65. The predicted octanol–water partition coefficient (Wildman–Crippen LogP) is 2.65. The first kappa shape index (κ1) is 10.7. The van der Waals surface area contributed by atoms with E-state index in [1.807, 2.05) is 13.0 Å². The molecule has 1 aromatic carbocycles. The molecule has 1 N–H and O–H groups in total. The maximum absolute atomic E-state index is 8.90. The van der Waals surface area contributed by atoms with Gasteiger partial charge in [0.05, 0.1) is 17.3 Å². The normalized spacial score (nSPS) is 9.29. The fraction of sp³-hybridized carbons (Fsp3) is 0.300. The molecule has 3 nitrogen and oxygen atoms in total. The van der Waals surface area contributed by atoms with Crippen LogP contribution in [-0.4, -0.2) is 13.7 Å². The predicted molar refractivity (Wildman–Crippen MR) is 56.9 cm³/mol. The molecule has 0 atom stereocenters. The molecule has 0 saturated carbocycles. The Kier molecular flexibility index (Phi) is 3.61. The zero-order valence-electron chi connectivity index (χ0n) is 8.10. The van der Waals surface area contributed by atoms with Gasteiger partial charge in [0.25, 0.3) is 0 Å². The summed E-state index contributed by atoms with van der Waals surface area (Å²) in [5, 5.41) is 12.3. The first-order chi connectivity index (χ1) is 6.74. The molecule has 0 saturated heterocycles. The first-order valence-electron chi connectivity index (χ1n) is 4.27. The topological polar surface area (TPSA) is 45.0 Å². The number of anilines is 1. The Labute approximate surface area is 88.3 Å². The molecule has 1 rings (SSSR count). The van der Waals surface area contributed by atoms with E-state index in [4.69, 9.17) is 21.6 Å². The Balaban J connectivity index is 3.30. The van der Waals surface area contributed by atoms with Crippen molar-refractivity contribution >= 4 is 17.3 Å². The molecule has 14 heavy (non-hydrogen) atoms. The third kappa shape index (κ3) is 1.91. The second-order valence-corrected chi connectivity index (χ2v) is 3.00. The van der Waals surface area contributed by atoms with Crippen molar-refractivity contribution < 1.29 is 4.74 Å². The van der Waals surface area contributed by atoms with Crippen molar-refractivity contribution in [2.24, 2.45) is 0 Å². The number of hydrogen-bond donors (Lipinski definition) is 1. The van der Waals surface area contributed by atoms with Crippen molar-refractivity contribution in [3.63, 3.8) is 0 Å². The van der Waals surface area contributed by atoms with Gasteiger partial charge in [-0.2, -0.15) is 5.26 Å². The molecule has 0 heterocycles. The highest BCUT2D eigenvalue weighted by Gasteiger charge is 2.12. The zero-order valence-corrected chi connectivity index (χ0v) is 8.85. The van der Waals surface area contributed by atoms with Crippen LogP contribution in [-0.2, 0) is 0 Å². The Bertz CT molecular complexity index is 371. The number of benzene rings is 1. The smallest absolute Gasteiger partial charge is 0.161 e. The van der Waals surface area contributed by atoms with Crippen LogP contribution in [0.2, 0.25) is 5.02 Å². The molecular formula is C10H11ClN2O. The van der Waals surface area contributed by atoms with Gasteiger partial charge in [0.15, 0.2) is 5.75 Å². The second-order valence-electron chi connectivity index (χ2n) is 2.59. The van der Waals surface area contributed by atoms with Crippen LogP contribution in [0, 0.1) is 11.3 Å². The molecule has 0 amide bonds. The molecule has 4 heteroatoms. The van der Waals surface area contributed by atoms with E-state index in [1.54, 1.807) is 19.2 Å². The maximum atomic E-state index is 8.90. The van der Waals surface area contributed by atoms with E-state index in [-0.39, 0.29) is 0 Å². The lowest BCUT2D eigenvalue weighted by Crippen LogP contribution is -2.00. The van der Waals surface area contributed by atoms with Crippen LogP contribution in [0.25, 0.3) is 0 Å². The summed E-state index contributed by atoms with van der Waals surface area (Å²) in [6.07, 6.45) is 0. The number of nitrogens with zero attached hydrogens (tertiary/aromatic N) is 1. The minimum Gasteiger partial charge on any atom is -0.490 e. The number of ether oxygens (including phenoxy) is 1. The van der Waals surface area contributed by atoms with E-state index in [0.717, 1.165) is 5.69 Å². The molecular weight excluding hydrogens is 200 g/mol. The van der Waals surface area contributed by atoms with Crippen molar-refractivity contribution in [2.75, 3.05) is 19.0 Å². The molecule has 0 spiro atoms. The van der Waals surface area contributed by atoms with Gasteiger partial charge >= 0.3 is 0 Å². The monoisotopic (exact) mass is 210 g/mol. The lowest BCUT2D eigenvalue weighted by Gasteiger charge is -2.11. The van der Waals surface area contributed by atoms with Crippen molar-refractivity contribution in [3.8, 4) is 11.8 Å². The Hall–Kier alpha value is -1.40. The van der Waals surface area contributed by atoms with Crippen LogP contribution in [0.4, 0.5) is 5.69 Å². The molecule has 0 aromatic heterocycles.